The van der Waals surface area contributed by atoms with Crippen LogP contribution in [-0.4, -0.2) is 53.1 Å². The number of carbonyl (C=O) groups is 1. The smallest absolute Gasteiger partial charge is 0.272 e. The van der Waals surface area contributed by atoms with Crippen molar-refractivity contribution in [3.63, 3.8) is 0 Å². The molecule has 1 amide bonds. The number of benzene rings is 1. The summed E-state index contributed by atoms with van der Waals surface area (Å²) < 4.78 is 36.4. The number of β-amino-alcohol motifs (C(OH)–C–C–N with tert-alkyl or cyclic N) is 1. The summed E-state index contributed by atoms with van der Waals surface area (Å²) in [5.74, 6) is 1.20. The Hall–Kier alpha value is -2.74. The number of aliphatic hydroxyl groups is 1. The van der Waals surface area contributed by atoms with Crippen molar-refractivity contribution < 1.29 is 28.2 Å². The van der Waals surface area contributed by atoms with Crippen LogP contribution in [-0.2, 0) is 0 Å². The van der Waals surface area contributed by atoms with Crippen LogP contribution in [0.15, 0.2) is 42.6 Å². The van der Waals surface area contributed by atoms with Gasteiger partial charge in [0.05, 0.1) is 19.9 Å². The summed E-state index contributed by atoms with van der Waals surface area (Å²) in [4.78, 5) is 17.6. The molecule has 1 aliphatic rings. The van der Waals surface area contributed by atoms with Gasteiger partial charge in [0, 0.05) is 13.0 Å². The average molecular weight is 364 g/mol. The fraction of sp³-hybridized carbons (Fsp3) is 0.333. The molecule has 1 fully saturated rings. The number of hydrogen-bond donors (Lipinski definition) is 1. The molecule has 8 heteroatoms. The fourth-order valence-corrected chi connectivity index (χ4v) is 2.68. The van der Waals surface area contributed by atoms with Crippen molar-refractivity contribution in [2.45, 2.75) is 18.4 Å². The quantitative estimate of drug-likeness (QED) is 0.883. The Balaban J connectivity index is 1.64. The molecule has 0 spiro atoms. The largest absolute Gasteiger partial charge is 0.497 e. The first-order chi connectivity index (χ1) is 12.4. The lowest BCUT2D eigenvalue weighted by Crippen LogP contribution is -2.41. The minimum atomic E-state index is -2.89. The van der Waals surface area contributed by atoms with Crippen LogP contribution in [0.3, 0.4) is 0 Å². The Morgan fingerprint density at radius 3 is 2.38 bits per heavy atom. The van der Waals surface area contributed by atoms with Crippen molar-refractivity contribution in [3.8, 4) is 17.2 Å². The van der Waals surface area contributed by atoms with Crippen LogP contribution in [0.1, 0.15) is 16.9 Å². The third-order valence-electron chi connectivity index (χ3n) is 4.22. The van der Waals surface area contributed by atoms with Crippen molar-refractivity contribution in [2.75, 3.05) is 20.2 Å². The number of carbonyl (C=O) groups excluding carboxylic acids is 1. The van der Waals surface area contributed by atoms with E-state index in [2.05, 4.69) is 4.98 Å². The number of halogens is 2. The first-order valence-electron chi connectivity index (χ1n) is 7.99. The van der Waals surface area contributed by atoms with E-state index in [9.17, 15) is 18.7 Å². The third-order valence-corrected chi connectivity index (χ3v) is 4.22. The first kappa shape index (κ1) is 18.1. The second-order valence-electron chi connectivity index (χ2n) is 6.04. The molecule has 26 heavy (non-hydrogen) atoms. The van der Waals surface area contributed by atoms with E-state index in [-0.39, 0.29) is 18.7 Å². The van der Waals surface area contributed by atoms with Crippen LogP contribution in [0.4, 0.5) is 8.78 Å². The van der Waals surface area contributed by atoms with Crippen molar-refractivity contribution in [3.05, 3.63) is 48.3 Å². The zero-order valence-corrected chi connectivity index (χ0v) is 14.1. The molecule has 3 rings (SSSR count). The van der Waals surface area contributed by atoms with Gasteiger partial charge in [0.1, 0.15) is 28.5 Å². The molecule has 0 aliphatic carbocycles. The van der Waals surface area contributed by atoms with E-state index >= 15 is 0 Å². The normalized spacial score (nSPS) is 19.7. The molecule has 0 saturated carbocycles. The monoisotopic (exact) mass is 364 g/mol. The van der Waals surface area contributed by atoms with Gasteiger partial charge in [-0.15, -0.1) is 0 Å². The van der Waals surface area contributed by atoms with Gasteiger partial charge < -0.3 is 19.5 Å². The number of ether oxygens (including phenoxy) is 2. The maximum atomic E-state index is 12.8. The molecular formula is C18H18F2N2O4. The summed E-state index contributed by atoms with van der Waals surface area (Å²) in [7, 11) is 1.57. The lowest BCUT2D eigenvalue weighted by molar-refractivity contribution is -0.0855. The number of methoxy groups -OCH3 is 1. The van der Waals surface area contributed by atoms with Crippen LogP contribution in [0, 0.1) is 0 Å². The zero-order chi connectivity index (χ0) is 18.7. The summed E-state index contributed by atoms with van der Waals surface area (Å²) in [6, 6.07) is 9.98. The lowest BCUT2D eigenvalue weighted by Gasteiger charge is -2.22. The fourth-order valence-electron chi connectivity index (χ4n) is 2.68. The van der Waals surface area contributed by atoms with Gasteiger partial charge in [-0.05, 0) is 36.4 Å². The Morgan fingerprint density at radius 1 is 1.19 bits per heavy atom. The highest BCUT2D eigenvalue weighted by molar-refractivity contribution is 5.92. The number of pyridine rings is 1. The number of likely N-dealkylation sites (tertiary alicyclic amines) is 1. The Bertz CT molecular complexity index is 768. The maximum absolute atomic E-state index is 12.8. The number of alkyl halides is 2. The zero-order valence-electron chi connectivity index (χ0n) is 14.1. The molecule has 1 aliphatic heterocycles. The summed E-state index contributed by atoms with van der Waals surface area (Å²) in [6.07, 6.45) is -1.67. The van der Waals surface area contributed by atoms with E-state index in [1.54, 1.807) is 37.4 Å². The molecule has 2 heterocycles. The van der Waals surface area contributed by atoms with Gasteiger partial charge in [-0.25, -0.2) is 13.8 Å². The predicted octanol–water partition coefficient (Wildman–Crippen LogP) is 2.72. The summed E-state index contributed by atoms with van der Waals surface area (Å²) >= 11 is 0. The van der Waals surface area contributed by atoms with Gasteiger partial charge in [-0.2, -0.15) is 0 Å². The van der Waals surface area contributed by atoms with Crippen molar-refractivity contribution in [2.24, 2.45) is 0 Å². The number of hydrogen-bond acceptors (Lipinski definition) is 5. The molecule has 6 nitrogen and oxygen atoms in total. The molecule has 1 aromatic heterocycles. The van der Waals surface area contributed by atoms with Gasteiger partial charge in [-0.3, -0.25) is 4.79 Å². The summed E-state index contributed by atoms with van der Waals surface area (Å²) in [5, 5.41) is 9.79. The number of nitrogens with zero attached hydrogens (tertiary/aromatic N) is 2. The predicted molar refractivity (Wildman–Crippen MR) is 88.8 cm³/mol. The van der Waals surface area contributed by atoms with Crippen LogP contribution in [0.5, 0.6) is 17.2 Å². The number of amides is 1. The summed E-state index contributed by atoms with van der Waals surface area (Å²) in [5.41, 5.74) is -2.04. The van der Waals surface area contributed by atoms with E-state index in [0.29, 0.717) is 17.2 Å². The standard InChI is InChI=1S/C18H18F2N2O4/c1-25-12-2-4-13(5-3-12)26-14-6-7-15(21-10-14)16(23)22-9-8-18(24,11-22)17(19)20/h2-7,10,17,24H,8-9,11H2,1H3. The van der Waals surface area contributed by atoms with Crippen molar-refractivity contribution in [1.82, 2.24) is 9.88 Å². The molecule has 1 unspecified atom stereocenters. The van der Waals surface area contributed by atoms with Crippen LogP contribution < -0.4 is 9.47 Å². The van der Waals surface area contributed by atoms with Crippen molar-refractivity contribution in [1.29, 1.82) is 0 Å². The molecular weight excluding hydrogens is 346 g/mol. The Labute approximate surface area is 149 Å². The van der Waals surface area contributed by atoms with Gasteiger partial charge in [0.2, 0.25) is 0 Å². The molecule has 138 valence electrons. The Morgan fingerprint density at radius 2 is 1.85 bits per heavy atom. The van der Waals surface area contributed by atoms with E-state index in [1.165, 1.54) is 17.2 Å². The van der Waals surface area contributed by atoms with E-state index in [4.69, 9.17) is 9.47 Å². The third kappa shape index (κ3) is 3.75. The molecule has 0 radical (unpaired) electrons. The minimum Gasteiger partial charge on any atom is -0.497 e. The Kier molecular flexibility index (Phi) is 5.03. The highest BCUT2D eigenvalue weighted by Crippen LogP contribution is 2.29. The van der Waals surface area contributed by atoms with Crippen LogP contribution in [0.25, 0.3) is 0 Å². The molecule has 1 atom stereocenters. The van der Waals surface area contributed by atoms with E-state index < -0.39 is 24.5 Å². The van der Waals surface area contributed by atoms with Crippen LogP contribution >= 0.6 is 0 Å². The number of rotatable bonds is 5. The molecule has 1 aromatic carbocycles. The minimum absolute atomic E-state index is 0.0610. The highest BCUT2D eigenvalue weighted by Gasteiger charge is 2.45. The topological polar surface area (TPSA) is 71.9 Å². The molecule has 2 aromatic rings. The van der Waals surface area contributed by atoms with Gasteiger partial charge in [0.15, 0.2) is 0 Å². The number of aromatic nitrogens is 1. The van der Waals surface area contributed by atoms with Gasteiger partial charge in [0.25, 0.3) is 12.3 Å². The SMILES string of the molecule is COc1ccc(Oc2ccc(C(=O)N3CCC(O)(C(F)F)C3)nc2)cc1. The highest BCUT2D eigenvalue weighted by atomic mass is 19.3. The maximum Gasteiger partial charge on any atom is 0.272 e. The van der Waals surface area contributed by atoms with Gasteiger partial charge in [-0.1, -0.05) is 0 Å². The second-order valence-corrected chi connectivity index (χ2v) is 6.04. The second kappa shape index (κ2) is 7.25. The first-order valence-corrected chi connectivity index (χ1v) is 7.99. The molecule has 0 bridgehead atoms. The molecule has 1 saturated heterocycles. The average Bonchev–Trinajstić information content (AvgIpc) is 3.06. The van der Waals surface area contributed by atoms with Crippen molar-refractivity contribution >= 4 is 5.91 Å². The van der Waals surface area contributed by atoms with E-state index in [1.807, 2.05) is 0 Å². The molecule has 1 N–H and O–H groups in total. The summed E-state index contributed by atoms with van der Waals surface area (Å²) in [6.45, 7) is -0.346. The lowest BCUT2D eigenvalue weighted by atomic mass is 10.1. The van der Waals surface area contributed by atoms with Gasteiger partial charge >= 0.3 is 0 Å². The van der Waals surface area contributed by atoms with Crippen LogP contribution in [0.2, 0.25) is 0 Å². The van der Waals surface area contributed by atoms with E-state index in [0.717, 1.165) is 0 Å².